The van der Waals surface area contributed by atoms with E-state index in [1.54, 1.807) is 18.2 Å². The molecule has 8 heavy (non-hydrogen) atoms. The third kappa shape index (κ3) is 1.34. The highest BCUT2D eigenvalue weighted by Gasteiger charge is 2.00. The molecule has 1 aliphatic rings. The maximum atomic E-state index is 8.85. The number of allylic oxidation sites excluding steroid dienone is 3. The average Bonchev–Trinajstić information content (AvgIpc) is 1.65. The average molecular weight is 130 g/mol. The Morgan fingerprint density at radius 3 is 2.00 bits per heavy atom. The molecule has 0 atom stereocenters. The lowest BCUT2D eigenvalue weighted by Crippen LogP contribution is -1.79. The molecule has 1 aliphatic heterocycles. The molecule has 0 spiro atoms. The molecule has 44 valence electrons. The molecular formula is C5H7O2P. The molecule has 2 nitrogen and oxygen atoms in total. The monoisotopic (exact) mass is 130 g/mol. The van der Waals surface area contributed by atoms with Gasteiger partial charge in [0, 0.05) is 0 Å². The van der Waals surface area contributed by atoms with Gasteiger partial charge >= 0.3 is 0 Å². The van der Waals surface area contributed by atoms with Gasteiger partial charge in [0.05, 0.1) is 0 Å². The maximum Gasteiger partial charge on any atom is 0.142 e. The maximum absolute atomic E-state index is 8.85. The Hall–Kier alpha value is -0.300. The summed E-state index contributed by atoms with van der Waals surface area (Å²) in [6.07, 6.45) is 5.02. The van der Waals surface area contributed by atoms with Crippen LogP contribution in [0.1, 0.15) is 0 Å². The highest BCUT2D eigenvalue weighted by atomic mass is 31.2. The zero-order valence-corrected chi connectivity index (χ0v) is 5.12. The highest BCUT2D eigenvalue weighted by molar-refractivity contribution is 7.67. The summed E-state index contributed by atoms with van der Waals surface area (Å²) in [6.45, 7) is 0. The van der Waals surface area contributed by atoms with Crippen LogP contribution in [0.2, 0.25) is 0 Å². The van der Waals surface area contributed by atoms with E-state index < -0.39 is 7.34 Å². The van der Waals surface area contributed by atoms with E-state index in [1.165, 1.54) is 11.6 Å². The van der Waals surface area contributed by atoms with Crippen LogP contribution in [-0.2, 0) is 0 Å². The molecule has 2 N–H and O–H groups in total. The lowest BCUT2D eigenvalue weighted by molar-refractivity contribution is 0.489. The first-order valence-electron chi connectivity index (χ1n) is 2.25. The third-order valence-electron chi connectivity index (χ3n) is 0.833. The Bertz CT molecular complexity index is 185. The molecule has 0 fully saturated rings. The van der Waals surface area contributed by atoms with Crippen molar-refractivity contribution in [3.63, 3.8) is 0 Å². The predicted octanol–water partition coefficient (Wildman–Crippen LogP) is 0.704. The van der Waals surface area contributed by atoms with Crippen molar-refractivity contribution in [1.82, 2.24) is 0 Å². The minimum absolute atomic E-state index is 1.41. The van der Waals surface area contributed by atoms with Crippen LogP contribution in [-0.4, -0.2) is 15.6 Å². The lowest BCUT2D eigenvalue weighted by Gasteiger charge is -2.05. The summed E-state index contributed by atoms with van der Waals surface area (Å²) in [4.78, 5) is 17.7. The Morgan fingerprint density at radius 2 is 1.75 bits per heavy atom. The van der Waals surface area contributed by atoms with Crippen LogP contribution < -0.4 is 0 Å². The van der Waals surface area contributed by atoms with Crippen LogP contribution in [0.15, 0.2) is 24.0 Å². The molecule has 0 aromatic rings. The molecule has 0 aromatic carbocycles. The number of rotatable bonds is 0. The van der Waals surface area contributed by atoms with E-state index in [-0.39, 0.29) is 0 Å². The molecule has 0 unspecified atom stereocenters. The molecule has 0 aromatic heterocycles. The molecule has 0 radical (unpaired) electrons. The largest absolute Gasteiger partial charge is 0.350 e. The van der Waals surface area contributed by atoms with Gasteiger partial charge in [-0.1, -0.05) is 18.2 Å². The Morgan fingerprint density at radius 1 is 1.00 bits per heavy atom. The fraction of sp³-hybridized carbons (Fsp3) is 0. The zero-order valence-electron chi connectivity index (χ0n) is 4.23. The Kier molecular flexibility index (Phi) is 1.39. The van der Waals surface area contributed by atoms with Crippen LogP contribution in [0, 0.1) is 0 Å². The first-order valence-corrected chi connectivity index (χ1v) is 4.08. The van der Waals surface area contributed by atoms with Crippen LogP contribution in [0.3, 0.4) is 0 Å². The van der Waals surface area contributed by atoms with E-state index in [0.717, 1.165) is 0 Å². The number of hydrogen-bond acceptors (Lipinski definition) is 2. The van der Waals surface area contributed by atoms with Gasteiger partial charge in [0.25, 0.3) is 0 Å². The summed E-state index contributed by atoms with van der Waals surface area (Å²) in [5.41, 5.74) is 0. The minimum atomic E-state index is -2.73. The van der Waals surface area contributed by atoms with Crippen molar-refractivity contribution < 1.29 is 9.79 Å². The van der Waals surface area contributed by atoms with E-state index >= 15 is 0 Å². The molecule has 0 bridgehead atoms. The van der Waals surface area contributed by atoms with Crippen molar-refractivity contribution >= 4 is 13.1 Å². The fourth-order valence-corrected chi connectivity index (χ4v) is 1.27. The Labute approximate surface area is 47.9 Å². The first kappa shape index (κ1) is 5.83. The standard InChI is InChI=1S/C5H7O2P/c6-8(7)4-2-1-3-5-8/h1-7H. The van der Waals surface area contributed by atoms with Crippen molar-refractivity contribution in [2.75, 3.05) is 0 Å². The highest BCUT2D eigenvalue weighted by Crippen LogP contribution is 2.38. The van der Waals surface area contributed by atoms with Crippen LogP contribution in [0.4, 0.5) is 0 Å². The summed E-state index contributed by atoms with van der Waals surface area (Å²) in [5, 5.41) is 0. The van der Waals surface area contributed by atoms with Gasteiger partial charge < -0.3 is 9.79 Å². The second kappa shape index (κ2) is 1.90. The van der Waals surface area contributed by atoms with Gasteiger partial charge in [-0.15, -0.1) is 0 Å². The summed E-state index contributed by atoms with van der Waals surface area (Å²) in [5.74, 6) is 2.82. The van der Waals surface area contributed by atoms with Gasteiger partial charge in [-0.25, -0.2) is 0 Å². The molecule has 0 amide bonds. The van der Waals surface area contributed by atoms with E-state index in [4.69, 9.17) is 9.79 Å². The van der Waals surface area contributed by atoms with E-state index in [0.29, 0.717) is 0 Å². The second-order valence-electron chi connectivity index (χ2n) is 1.58. The van der Waals surface area contributed by atoms with Gasteiger partial charge in [-0.3, -0.25) is 0 Å². The third-order valence-corrected chi connectivity index (χ3v) is 2.06. The molecule has 0 aliphatic carbocycles. The van der Waals surface area contributed by atoms with Gasteiger partial charge in [0.2, 0.25) is 0 Å². The normalized spacial score (nSPS) is 22.8. The summed E-state index contributed by atoms with van der Waals surface area (Å²) in [7, 11) is -2.73. The van der Waals surface area contributed by atoms with Crippen molar-refractivity contribution in [1.29, 1.82) is 0 Å². The van der Waals surface area contributed by atoms with Crippen molar-refractivity contribution in [3.8, 4) is 0 Å². The molecular weight excluding hydrogens is 123 g/mol. The van der Waals surface area contributed by atoms with Crippen LogP contribution in [0.5, 0.6) is 0 Å². The Balaban J connectivity index is 3.00. The SMILES string of the molecule is OP1(O)=CC=CC=C1. The molecule has 1 rings (SSSR count). The van der Waals surface area contributed by atoms with Crippen molar-refractivity contribution in [3.05, 3.63) is 24.0 Å². The first-order chi connectivity index (χ1) is 3.71. The van der Waals surface area contributed by atoms with Gasteiger partial charge in [-0.2, -0.15) is 0 Å². The van der Waals surface area contributed by atoms with E-state index in [1.807, 2.05) is 0 Å². The summed E-state index contributed by atoms with van der Waals surface area (Å²) >= 11 is 0. The smallest absolute Gasteiger partial charge is 0.142 e. The zero-order chi connectivity index (χ0) is 6.04. The van der Waals surface area contributed by atoms with Crippen LogP contribution in [0.25, 0.3) is 0 Å². The van der Waals surface area contributed by atoms with Crippen molar-refractivity contribution in [2.24, 2.45) is 0 Å². The quantitative estimate of drug-likeness (QED) is 0.474. The van der Waals surface area contributed by atoms with E-state index in [2.05, 4.69) is 0 Å². The molecule has 1 heterocycles. The molecule has 0 saturated carbocycles. The van der Waals surface area contributed by atoms with Gasteiger partial charge in [0.15, 0.2) is 0 Å². The van der Waals surface area contributed by atoms with Crippen LogP contribution >= 0.6 is 7.34 Å². The van der Waals surface area contributed by atoms with E-state index in [9.17, 15) is 0 Å². The topological polar surface area (TPSA) is 40.5 Å². The predicted molar refractivity (Wildman–Crippen MR) is 35.7 cm³/mol. The lowest BCUT2D eigenvalue weighted by atomic mass is 10.5. The number of hydrogen-bond donors (Lipinski definition) is 2. The van der Waals surface area contributed by atoms with Crippen molar-refractivity contribution in [2.45, 2.75) is 0 Å². The summed E-state index contributed by atoms with van der Waals surface area (Å²) < 4.78 is 0. The van der Waals surface area contributed by atoms with Gasteiger partial charge in [-0.05, 0) is 11.6 Å². The molecule has 3 heteroatoms. The second-order valence-corrected chi connectivity index (χ2v) is 3.57. The summed E-state index contributed by atoms with van der Waals surface area (Å²) in [6, 6.07) is 0. The molecule has 0 saturated heterocycles. The fourth-order valence-electron chi connectivity index (χ4n) is 0.467. The van der Waals surface area contributed by atoms with Gasteiger partial charge in [0.1, 0.15) is 7.34 Å². The minimum Gasteiger partial charge on any atom is -0.350 e.